The Bertz CT molecular complexity index is 411. The molecule has 21 heavy (non-hydrogen) atoms. The molecular weight excluding hydrogens is 386 g/mol. The summed E-state index contributed by atoms with van der Waals surface area (Å²) in [5, 5.41) is 2.52. The first kappa shape index (κ1) is 16.8. The normalized spacial score (nSPS) is 15.6. The van der Waals surface area contributed by atoms with E-state index in [9.17, 15) is 9.59 Å². The Morgan fingerprint density at radius 3 is 2.05 bits per heavy atom. The van der Waals surface area contributed by atoms with Crippen LogP contribution < -0.4 is 5.32 Å². The predicted octanol–water partition coefficient (Wildman–Crippen LogP) is 3.83. The van der Waals surface area contributed by atoms with E-state index in [1.165, 1.54) is 0 Å². The third-order valence-corrected chi connectivity index (χ3v) is 2.69. The molecular formula is C15H28INO4. The van der Waals surface area contributed by atoms with Gasteiger partial charge < -0.3 is 14.8 Å². The van der Waals surface area contributed by atoms with Crippen LogP contribution in [0.15, 0.2) is 0 Å². The molecule has 0 aliphatic heterocycles. The highest BCUT2D eigenvalue weighted by Gasteiger charge is 2.28. The first-order valence-corrected chi connectivity index (χ1v) is 8.08. The fourth-order valence-corrected chi connectivity index (χ4v) is 1.83. The fraction of sp³-hybridized carbons (Fsp3) is 0.867. The van der Waals surface area contributed by atoms with E-state index in [1.807, 2.05) is 0 Å². The van der Waals surface area contributed by atoms with E-state index in [0.29, 0.717) is 6.42 Å². The van der Waals surface area contributed by atoms with Gasteiger partial charge in [-0.05, 0) is 58.8 Å². The van der Waals surface area contributed by atoms with Crippen LogP contribution in [0.3, 0.4) is 0 Å². The second kappa shape index (κ2) is 8.80. The van der Waals surface area contributed by atoms with E-state index in [4.69, 9.17) is 12.2 Å². The van der Waals surface area contributed by atoms with E-state index in [-0.39, 0.29) is 12.8 Å². The number of hydrogen-bond acceptors (Lipinski definition) is 4. The largest absolute Gasteiger partial charge is 0.458 e. The Balaban J connectivity index is 4.79. The summed E-state index contributed by atoms with van der Waals surface area (Å²) in [6.07, 6.45) is 0.320. The third kappa shape index (κ3) is 11.8. The summed E-state index contributed by atoms with van der Waals surface area (Å²) >= 11 is 1.71. The van der Waals surface area contributed by atoms with Crippen LogP contribution in [0.1, 0.15) is 63.5 Å². The van der Waals surface area contributed by atoms with Gasteiger partial charge in [-0.15, -0.1) is 0 Å². The van der Waals surface area contributed by atoms with Crippen LogP contribution in [0.25, 0.3) is 0 Å². The SMILES string of the molecule is [2H][13C]([2H])(I)CCC[C@H](NC(=O)OC(C)(C)C)C(=O)OC(C)(C)C. The topological polar surface area (TPSA) is 64.6 Å². The maximum Gasteiger partial charge on any atom is 0.408 e. The van der Waals surface area contributed by atoms with Gasteiger partial charge in [0.1, 0.15) is 17.2 Å². The number of rotatable bonds is 6. The molecule has 0 aromatic carbocycles. The smallest absolute Gasteiger partial charge is 0.408 e. The fourth-order valence-electron chi connectivity index (χ4n) is 1.44. The summed E-state index contributed by atoms with van der Waals surface area (Å²) in [6.45, 7) is 10.5. The number of alkyl carbamates (subject to hydrolysis) is 1. The Morgan fingerprint density at radius 1 is 1.10 bits per heavy atom. The molecule has 124 valence electrons. The summed E-state index contributed by atoms with van der Waals surface area (Å²) in [5.74, 6) is -0.544. The zero-order chi connectivity index (χ0) is 18.5. The maximum absolute atomic E-state index is 12.2. The summed E-state index contributed by atoms with van der Waals surface area (Å²) in [4.78, 5) is 24.1. The van der Waals surface area contributed by atoms with Gasteiger partial charge in [0.05, 0.1) is 0 Å². The van der Waals surface area contributed by atoms with Crippen molar-refractivity contribution in [3.63, 3.8) is 0 Å². The molecule has 0 saturated carbocycles. The lowest BCUT2D eigenvalue weighted by atomic mass is 10.1. The van der Waals surface area contributed by atoms with Crippen molar-refractivity contribution in [3.8, 4) is 0 Å². The molecule has 0 fully saturated rings. The number of carbonyl (C=O) groups is 2. The van der Waals surface area contributed by atoms with Crippen LogP contribution in [0.5, 0.6) is 0 Å². The van der Waals surface area contributed by atoms with Gasteiger partial charge in [0.15, 0.2) is 0 Å². The molecule has 0 aliphatic rings. The molecule has 1 N–H and O–H groups in total. The number of nitrogens with one attached hydrogen (secondary N) is 1. The average molecular weight is 416 g/mol. The highest BCUT2D eigenvalue weighted by Crippen LogP contribution is 2.13. The van der Waals surface area contributed by atoms with Gasteiger partial charge in [-0.2, -0.15) is 0 Å². The van der Waals surface area contributed by atoms with Crippen molar-refractivity contribution in [1.29, 1.82) is 0 Å². The molecule has 0 unspecified atom stereocenters. The highest BCUT2D eigenvalue weighted by atomic mass is 127. The summed E-state index contributed by atoms with van der Waals surface area (Å²) in [7, 11) is 0. The zero-order valence-electron chi connectivity index (χ0n) is 15.7. The molecule has 0 aromatic heterocycles. The van der Waals surface area contributed by atoms with Crippen molar-refractivity contribution >= 4 is 34.7 Å². The molecule has 0 heterocycles. The van der Waals surface area contributed by atoms with Crippen molar-refractivity contribution < 1.29 is 21.8 Å². The molecule has 0 aliphatic carbocycles. The number of hydrogen-bond donors (Lipinski definition) is 1. The quantitative estimate of drug-likeness (QED) is 0.310. The molecule has 0 rings (SSSR count). The monoisotopic (exact) mass is 416 g/mol. The summed E-state index contributed by atoms with van der Waals surface area (Å²) in [5.41, 5.74) is -1.33. The maximum atomic E-state index is 12.2. The van der Waals surface area contributed by atoms with E-state index >= 15 is 0 Å². The predicted molar refractivity (Wildman–Crippen MR) is 91.7 cm³/mol. The van der Waals surface area contributed by atoms with E-state index in [2.05, 4.69) is 5.32 Å². The van der Waals surface area contributed by atoms with Gasteiger partial charge in [0.25, 0.3) is 0 Å². The minimum atomic E-state index is -1.35. The Hall–Kier alpha value is -0.530. The molecule has 0 spiro atoms. The molecule has 0 bridgehead atoms. The molecule has 0 radical (unpaired) electrons. The second-order valence-electron chi connectivity index (χ2n) is 6.76. The lowest BCUT2D eigenvalue weighted by molar-refractivity contribution is -0.157. The van der Waals surface area contributed by atoms with Crippen LogP contribution in [0, 0.1) is 0 Å². The number of esters is 1. The number of amides is 1. The van der Waals surface area contributed by atoms with Gasteiger partial charge in [0.2, 0.25) is 0 Å². The zero-order valence-corrected chi connectivity index (χ0v) is 15.9. The van der Waals surface area contributed by atoms with Crippen LogP contribution in [0.2, 0.25) is 0 Å². The van der Waals surface area contributed by atoms with Crippen LogP contribution >= 0.6 is 22.6 Å². The first-order valence-electron chi connectivity index (χ1n) is 8.00. The summed E-state index contributed by atoms with van der Waals surface area (Å²) < 4.78 is 24.2. The Kier molecular flexibility index (Phi) is 7.06. The van der Waals surface area contributed by atoms with Gasteiger partial charge in [-0.25, -0.2) is 9.59 Å². The molecule has 0 saturated heterocycles. The Labute approximate surface area is 144 Å². The number of carbonyl (C=O) groups excluding carboxylic acids is 2. The van der Waals surface area contributed by atoms with Crippen molar-refractivity contribution in [2.75, 3.05) is 4.38 Å². The first-order chi connectivity index (χ1) is 10.1. The van der Waals surface area contributed by atoms with E-state index in [0.717, 1.165) is 0 Å². The lowest BCUT2D eigenvalue weighted by Crippen LogP contribution is -2.46. The van der Waals surface area contributed by atoms with Crippen LogP contribution in [0.4, 0.5) is 4.79 Å². The molecule has 0 aromatic rings. The minimum absolute atomic E-state index is 0.281. The molecule has 1 amide bonds. The standard InChI is InChI=1S/C15H28INO4/c1-14(2,3)20-12(18)11(9-7-8-10-16)17-13(19)21-15(4,5)6/h11H,7-10H2,1-6H3,(H,17,19)/t11-/m0/s1/i10+1D2. The lowest BCUT2D eigenvalue weighted by Gasteiger charge is -2.26. The van der Waals surface area contributed by atoms with E-state index < -0.39 is 33.7 Å². The van der Waals surface area contributed by atoms with Gasteiger partial charge >= 0.3 is 12.1 Å². The van der Waals surface area contributed by atoms with Crippen LogP contribution in [-0.2, 0) is 14.3 Å². The highest BCUT2D eigenvalue weighted by molar-refractivity contribution is 14.1. The third-order valence-electron chi connectivity index (χ3n) is 2.15. The average Bonchev–Trinajstić information content (AvgIpc) is 2.20. The Morgan fingerprint density at radius 2 is 1.62 bits per heavy atom. The summed E-state index contributed by atoms with van der Waals surface area (Å²) in [6, 6.07) is -0.858. The number of alkyl halides is 1. The van der Waals surface area contributed by atoms with Crippen molar-refractivity contribution in [1.82, 2.24) is 5.32 Å². The van der Waals surface area contributed by atoms with Gasteiger partial charge in [0, 0.05) is 2.74 Å². The van der Waals surface area contributed by atoms with Crippen molar-refractivity contribution in [3.05, 3.63) is 0 Å². The number of halogens is 1. The van der Waals surface area contributed by atoms with Gasteiger partial charge in [-0.3, -0.25) is 0 Å². The van der Waals surface area contributed by atoms with Crippen LogP contribution in [-0.4, -0.2) is 33.7 Å². The van der Waals surface area contributed by atoms with E-state index in [1.54, 1.807) is 64.1 Å². The molecule has 1 atom stereocenters. The second-order valence-corrected chi connectivity index (χ2v) is 7.52. The minimum Gasteiger partial charge on any atom is -0.458 e. The van der Waals surface area contributed by atoms with Crippen molar-refractivity contribution in [2.24, 2.45) is 0 Å². The van der Waals surface area contributed by atoms with Crippen molar-refractivity contribution in [2.45, 2.75) is 78.0 Å². The molecule has 5 nitrogen and oxygen atoms in total. The molecule has 6 heteroatoms. The van der Waals surface area contributed by atoms with Gasteiger partial charge in [-0.1, -0.05) is 29.0 Å². The number of ether oxygens (including phenoxy) is 2.